The van der Waals surface area contributed by atoms with E-state index in [2.05, 4.69) is 0 Å². The minimum absolute atomic E-state index is 0.0660. The van der Waals surface area contributed by atoms with Gasteiger partial charge in [0.15, 0.2) is 0 Å². The number of aliphatic hydroxyl groups is 1. The van der Waals surface area contributed by atoms with Crippen LogP contribution in [0.3, 0.4) is 0 Å². The van der Waals surface area contributed by atoms with Crippen LogP contribution in [0.5, 0.6) is 11.5 Å². The van der Waals surface area contributed by atoms with Gasteiger partial charge in [0.1, 0.15) is 17.3 Å². The van der Waals surface area contributed by atoms with Crippen LogP contribution in [0, 0.1) is 5.92 Å². The fourth-order valence-corrected chi connectivity index (χ4v) is 4.35. The zero-order valence-corrected chi connectivity index (χ0v) is 22.3. The molecule has 0 saturated carbocycles. The van der Waals surface area contributed by atoms with Crippen LogP contribution >= 0.6 is 0 Å². The van der Waals surface area contributed by atoms with E-state index in [1.54, 1.807) is 67.6 Å². The number of hydrogen-bond acceptors (Lipinski definition) is 7. The molecule has 1 aliphatic rings. The van der Waals surface area contributed by atoms with Crippen LogP contribution in [0.25, 0.3) is 5.76 Å². The second kappa shape index (κ2) is 11.9. The van der Waals surface area contributed by atoms with Crippen molar-refractivity contribution in [2.45, 2.75) is 26.8 Å². The molecule has 0 bridgehead atoms. The maximum absolute atomic E-state index is 13.5. The summed E-state index contributed by atoms with van der Waals surface area (Å²) in [6.07, 6.45) is 0. The maximum atomic E-state index is 13.5. The number of carbonyl (C=O) groups excluding carboxylic acids is 3. The Morgan fingerprint density at radius 1 is 0.949 bits per heavy atom. The Hall–Kier alpha value is -4.59. The highest BCUT2D eigenvalue weighted by molar-refractivity contribution is 6.51. The topological polar surface area (TPSA) is 102 Å². The largest absolute Gasteiger partial charge is 0.507 e. The van der Waals surface area contributed by atoms with Crippen molar-refractivity contribution in [1.29, 1.82) is 0 Å². The lowest BCUT2D eigenvalue weighted by Gasteiger charge is -2.26. The number of ketones is 1. The summed E-state index contributed by atoms with van der Waals surface area (Å²) >= 11 is 0. The van der Waals surface area contributed by atoms with Gasteiger partial charge in [-0.15, -0.1) is 0 Å². The van der Waals surface area contributed by atoms with Gasteiger partial charge in [-0.3, -0.25) is 14.5 Å². The lowest BCUT2D eigenvalue weighted by Crippen LogP contribution is -2.29. The monoisotopic (exact) mass is 529 g/mol. The Balaban J connectivity index is 1.84. The van der Waals surface area contributed by atoms with Gasteiger partial charge in [-0.25, -0.2) is 4.79 Å². The van der Waals surface area contributed by atoms with Crippen molar-refractivity contribution in [3.05, 3.63) is 95.1 Å². The first kappa shape index (κ1) is 27.4. The molecule has 1 aliphatic heterocycles. The highest BCUT2D eigenvalue weighted by atomic mass is 16.5. The van der Waals surface area contributed by atoms with Crippen molar-refractivity contribution < 1.29 is 33.7 Å². The number of amides is 1. The molecule has 1 saturated heterocycles. The third kappa shape index (κ3) is 5.80. The Morgan fingerprint density at radius 2 is 1.64 bits per heavy atom. The zero-order valence-electron chi connectivity index (χ0n) is 22.3. The van der Waals surface area contributed by atoms with Gasteiger partial charge in [0.05, 0.1) is 37.5 Å². The van der Waals surface area contributed by atoms with E-state index in [1.807, 2.05) is 13.8 Å². The van der Waals surface area contributed by atoms with E-state index >= 15 is 0 Å². The summed E-state index contributed by atoms with van der Waals surface area (Å²) in [5.74, 6) is -1.08. The third-order valence-electron chi connectivity index (χ3n) is 6.20. The van der Waals surface area contributed by atoms with Gasteiger partial charge in [0, 0.05) is 11.3 Å². The van der Waals surface area contributed by atoms with Crippen LogP contribution in [0.2, 0.25) is 0 Å². The van der Waals surface area contributed by atoms with Crippen LogP contribution in [-0.2, 0) is 14.3 Å². The van der Waals surface area contributed by atoms with Gasteiger partial charge in [-0.05, 0) is 66.9 Å². The number of nitrogens with zero attached hydrogens (tertiary/aromatic N) is 1. The molecule has 1 atom stereocenters. The van der Waals surface area contributed by atoms with Gasteiger partial charge < -0.3 is 19.3 Å². The quantitative estimate of drug-likeness (QED) is 0.168. The zero-order chi connectivity index (χ0) is 28.1. The molecule has 3 aromatic carbocycles. The predicted molar refractivity (Wildman–Crippen MR) is 147 cm³/mol. The number of carbonyl (C=O) groups is 3. The lowest BCUT2D eigenvalue weighted by atomic mass is 9.95. The highest BCUT2D eigenvalue weighted by Gasteiger charge is 2.47. The Kier molecular flexibility index (Phi) is 8.34. The average Bonchev–Trinajstić information content (AvgIpc) is 3.21. The molecule has 8 heteroatoms. The highest BCUT2D eigenvalue weighted by Crippen LogP contribution is 2.43. The average molecular weight is 530 g/mol. The number of esters is 1. The molecule has 0 radical (unpaired) electrons. The summed E-state index contributed by atoms with van der Waals surface area (Å²) in [5.41, 5.74) is 1.54. The van der Waals surface area contributed by atoms with E-state index in [1.165, 1.54) is 24.1 Å². The summed E-state index contributed by atoms with van der Waals surface area (Å²) in [7, 11) is 1.52. The Bertz CT molecular complexity index is 1410. The molecular formula is C31H31NO7. The Labute approximate surface area is 227 Å². The molecule has 1 unspecified atom stereocenters. The lowest BCUT2D eigenvalue weighted by molar-refractivity contribution is -0.132. The smallest absolute Gasteiger partial charge is 0.338 e. The molecule has 4 rings (SSSR count). The third-order valence-corrected chi connectivity index (χ3v) is 6.20. The molecule has 1 N–H and O–H groups in total. The van der Waals surface area contributed by atoms with Gasteiger partial charge in [0.2, 0.25) is 0 Å². The fraction of sp³-hybridized carbons (Fsp3) is 0.258. The van der Waals surface area contributed by atoms with E-state index in [-0.39, 0.29) is 17.9 Å². The van der Waals surface area contributed by atoms with Crippen molar-refractivity contribution in [2.75, 3.05) is 25.2 Å². The number of anilines is 1. The van der Waals surface area contributed by atoms with Gasteiger partial charge >= 0.3 is 5.97 Å². The number of hydrogen-bond donors (Lipinski definition) is 1. The van der Waals surface area contributed by atoms with E-state index < -0.39 is 23.7 Å². The molecular weight excluding hydrogens is 498 g/mol. The molecule has 1 amide bonds. The number of Topliss-reactive ketones (excluding diaryl/α,β-unsaturated/α-hetero) is 1. The standard InChI is InChI=1S/C31H31NO7/c1-5-38-31(36)20-12-14-23(15-13-20)32-27(21-8-6-10-24(16-21)37-4)26(29(34)30(32)35)28(33)22-9-7-11-25(17-22)39-18-19(2)3/h6-17,19,27,33H,5,18H2,1-4H3/b28-26+. The summed E-state index contributed by atoms with van der Waals surface area (Å²) in [4.78, 5) is 40.4. The van der Waals surface area contributed by atoms with Crippen molar-refractivity contribution >= 4 is 29.1 Å². The number of rotatable bonds is 9. The SMILES string of the molecule is CCOC(=O)c1ccc(N2C(=O)C(=O)/C(=C(/O)c3cccc(OCC(C)C)c3)C2c2cccc(OC)c2)cc1. The second-order valence-corrected chi connectivity index (χ2v) is 9.45. The summed E-state index contributed by atoms with van der Waals surface area (Å²) < 4.78 is 16.2. The van der Waals surface area contributed by atoms with Gasteiger partial charge in [-0.1, -0.05) is 38.1 Å². The number of benzene rings is 3. The molecule has 3 aromatic rings. The summed E-state index contributed by atoms with van der Waals surface area (Å²) in [6.45, 7) is 6.48. The predicted octanol–water partition coefficient (Wildman–Crippen LogP) is 5.53. The van der Waals surface area contributed by atoms with Crippen LogP contribution in [0.15, 0.2) is 78.4 Å². The minimum Gasteiger partial charge on any atom is -0.507 e. The maximum Gasteiger partial charge on any atom is 0.338 e. The van der Waals surface area contributed by atoms with E-state index in [0.717, 1.165) is 0 Å². The van der Waals surface area contributed by atoms with Gasteiger partial charge in [-0.2, -0.15) is 0 Å². The van der Waals surface area contributed by atoms with Crippen LogP contribution in [0.1, 0.15) is 48.3 Å². The Morgan fingerprint density at radius 3 is 2.31 bits per heavy atom. The molecule has 8 nitrogen and oxygen atoms in total. The number of methoxy groups -OCH3 is 1. The van der Waals surface area contributed by atoms with E-state index in [0.29, 0.717) is 46.4 Å². The van der Waals surface area contributed by atoms with Crippen LogP contribution in [0.4, 0.5) is 5.69 Å². The summed E-state index contributed by atoms with van der Waals surface area (Å²) in [5, 5.41) is 11.4. The molecule has 1 fully saturated rings. The first-order valence-corrected chi connectivity index (χ1v) is 12.7. The molecule has 0 spiro atoms. The number of ether oxygens (including phenoxy) is 3. The van der Waals surface area contributed by atoms with Crippen molar-refractivity contribution in [1.82, 2.24) is 0 Å². The molecule has 202 valence electrons. The fourth-order valence-electron chi connectivity index (χ4n) is 4.35. The molecule has 0 aliphatic carbocycles. The van der Waals surface area contributed by atoms with Crippen LogP contribution in [-0.4, -0.2) is 43.1 Å². The van der Waals surface area contributed by atoms with Crippen molar-refractivity contribution in [2.24, 2.45) is 5.92 Å². The normalized spacial score (nSPS) is 16.4. The molecule has 39 heavy (non-hydrogen) atoms. The van der Waals surface area contributed by atoms with E-state index in [4.69, 9.17) is 14.2 Å². The number of aliphatic hydroxyl groups excluding tert-OH is 1. The second-order valence-electron chi connectivity index (χ2n) is 9.45. The molecule has 0 aromatic heterocycles. The van der Waals surface area contributed by atoms with E-state index in [9.17, 15) is 19.5 Å². The first-order valence-electron chi connectivity index (χ1n) is 12.7. The van der Waals surface area contributed by atoms with Crippen LogP contribution < -0.4 is 14.4 Å². The van der Waals surface area contributed by atoms with Gasteiger partial charge in [0.25, 0.3) is 11.7 Å². The molecule has 1 heterocycles. The summed E-state index contributed by atoms with van der Waals surface area (Å²) in [6, 6.07) is 19.0. The van der Waals surface area contributed by atoms with Crippen molar-refractivity contribution in [3.8, 4) is 11.5 Å². The minimum atomic E-state index is -0.950. The van der Waals surface area contributed by atoms with Crippen molar-refractivity contribution in [3.63, 3.8) is 0 Å². The first-order chi connectivity index (χ1) is 18.7.